The predicted molar refractivity (Wildman–Crippen MR) is 129 cm³/mol. The van der Waals surface area contributed by atoms with Crippen LogP contribution < -0.4 is 10.1 Å². The minimum absolute atomic E-state index is 0.168. The maximum absolute atomic E-state index is 13.0. The molecule has 1 aromatic carbocycles. The van der Waals surface area contributed by atoms with Gasteiger partial charge in [-0.1, -0.05) is 12.1 Å². The molecule has 1 N–H and O–H groups in total. The van der Waals surface area contributed by atoms with Gasteiger partial charge in [-0.05, 0) is 94.4 Å². The lowest BCUT2D eigenvalue weighted by molar-refractivity contribution is 0.0674. The van der Waals surface area contributed by atoms with Gasteiger partial charge in [-0.2, -0.15) is 0 Å². The highest BCUT2D eigenvalue weighted by molar-refractivity contribution is 5.98. The maximum atomic E-state index is 13.0. The lowest BCUT2D eigenvalue weighted by atomic mass is 9.88. The van der Waals surface area contributed by atoms with Gasteiger partial charge in [0.25, 0.3) is 5.91 Å². The van der Waals surface area contributed by atoms with Gasteiger partial charge in [0, 0.05) is 31.2 Å². The van der Waals surface area contributed by atoms with Crippen molar-refractivity contribution < 1.29 is 9.53 Å². The van der Waals surface area contributed by atoms with Crippen LogP contribution in [-0.4, -0.2) is 59.0 Å². The molecular formula is C27H36N4O2. The summed E-state index contributed by atoms with van der Waals surface area (Å²) >= 11 is 0. The number of rotatable bonds is 6. The summed E-state index contributed by atoms with van der Waals surface area (Å²) in [6.45, 7) is 9.87. The van der Waals surface area contributed by atoms with Gasteiger partial charge in [0.05, 0.1) is 18.0 Å². The van der Waals surface area contributed by atoms with Gasteiger partial charge in [-0.15, -0.1) is 0 Å². The number of ether oxygens (including phenoxy) is 1. The molecule has 2 fully saturated rings. The van der Waals surface area contributed by atoms with Crippen LogP contribution in [0.25, 0.3) is 0 Å². The van der Waals surface area contributed by atoms with Crippen molar-refractivity contribution in [3.8, 4) is 5.75 Å². The number of fused-ring (bicyclic) bond motifs is 1. The van der Waals surface area contributed by atoms with Crippen molar-refractivity contribution in [3.05, 3.63) is 58.9 Å². The van der Waals surface area contributed by atoms with Crippen LogP contribution in [0.3, 0.4) is 0 Å². The zero-order chi connectivity index (χ0) is 22.8. The molecule has 1 aromatic heterocycles. The molecule has 3 aliphatic heterocycles. The van der Waals surface area contributed by atoms with Crippen molar-refractivity contribution in [1.29, 1.82) is 0 Å². The predicted octanol–water partition coefficient (Wildman–Crippen LogP) is 3.96. The minimum atomic E-state index is 0.168. The smallest absolute Gasteiger partial charge is 0.254 e. The van der Waals surface area contributed by atoms with Crippen LogP contribution in [-0.2, 0) is 13.1 Å². The van der Waals surface area contributed by atoms with E-state index in [0.717, 1.165) is 82.0 Å². The molecule has 33 heavy (non-hydrogen) atoms. The second kappa shape index (κ2) is 9.82. The quantitative estimate of drug-likeness (QED) is 0.725. The highest BCUT2D eigenvalue weighted by Gasteiger charge is 2.34. The number of carbonyl (C=O) groups is 1. The Morgan fingerprint density at radius 2 is 2.00 bits per heavy atom. The lowest BCUT2D eigenvalue weighted by Gasteiger charge is -2.32. The summed E-state index contributed by atoms with van der Waals surface area (Å²) in [5.41, 5.74) is 4.63. The number of hydrogen-bond donors (Lipinski definition) is 1. The second-order valence-electron chi connectivity index (χ2n) is 10.1. The average molecular weight is 449 g/mol. The molecule has 0 bridgehead atoms. The molecule has 2 saturated heterocycles. The Bertz CT molecular complexity index is 961. The van der Waals surface area contributed by atoms with E-state index in [-0.39, 0.29) is 12.0 Å². The fourth-order valence-corrected chi connectivity index (χ4v) is 5.51. The topological polar surface area (TPSA) is 57.7 Å². The van der Waals surface area contributed by atoms with E-state index in [1.807, 2.05) is 26.1 Å². The van der Waals surface area contributed by atoms with E-state index >= 15 is 0 Å². The number of nitrogens with one attached hydrogen (secondary N) is 1. The van der Waals surface area contributed by atoms with Gasteiger partial charge in [0.15, 0.2) is 0 Å². The standard InChI is InChI=1S/C27H36N4O2/c1-19(2)33-25-7-6-23(29-16-25)18-30-12-9-20(10-13-30)21-5-8-26-22(14-21)17-31(27(26)32)24-4-3-11-28-15-24/h5-8,14,16,19-20,24,28H,3-4,9-13,15,17-18H2,1-2H3. The molecule has 1 atom stereocenters. The van der Waals surface area contributed by atoms with E-state index in [2.05, 4.69) is 44.4 Å². The first-order chi connectivity index (χ1) is 16.1. The summed E-state index contributed by atoms with van der Waals surface area (Å²) in [5, 5.41) is 3.44. The fourth-order valence-electron chi connectivity index (χ4n) is 5.51. The molecule has 176 valence electrons. The van der Waals surface area contributed by atoms with Crippen LogP contribution >= 0.6 is 0 Å². The molecular weight excluding hydrogens is 412 g/mol. The monoisotopic (exact) mass is 448 g/mol. The van der Waals surface area contributed by atoms with Crippen molar-refractivity contribution in [2.75, 3.05) is 26.2 Å². The molecule has 0 saturated carbocycles. The number of carbonyl (C=O) groups excluding carboxylic acids is 1. The van der Waals surface area contributed by atoms with E-state index in [4.69, 9.17) is 4.74 Å². The Balaban J connectivity index is 1.16. The van der Waals surface area contributed by atoms with Crippen LogP contribution in [0, 0.1) is 0 Å². The number of aromatic nitrogens is 1. The Kier molecular flexibility index (Phi) is 6.65. The van der Waals surface area contributed by atoms with Gasteiger partial charge >= 0.3 is 0 Å². The summed E-state index contributed by atoms with van der Waals surface area (Å²) in [6, 6.07) is 11.0. The first-order valence-electron chi connectivity index (χ1n) is 12.6. The van der Waals surface area contributed by atoms with Gasteiger partial charge in [0.1, 0.15) is 5.75 Å². The van der Waals surface area contributed by atoms with E-state index in [1.165, 1.54) is 11.1 Å². The fraction of sp³-hybridized carbons (Fsp3) is 0.556. The molecule has 4 heterocycles. The summed E-state index contributed by atoms with van der Waals surface area (Å²) in [6.07, 6.45) is 6.57. The van der Waals surface area contributed by atoms with Gasteiger partial charge in [-0.3, -0.25) is 14.7 Å². The summed E-state index contributed by atoms with van der Waals surface area (Å²) in [5.74, 6) is 1.63. The maximum Gasteiger partial charge on any atom is 0.254 e. The third-order valence-electron chi connectivity index (χ3n) is 7.29. The highest BCUT2D eigenvalue weighted by Crippen LogP contribution is 2.33. The third-order valence-corrected chi connectivity index (χ3v) is 7.29. The van der Waals surface area contributed by atoms with Crippen LogP contribution in [0.15, 0.2) is 36.5 Å². The van der Waals surface area contributed by atoms with E-state index in [0.29, 0.717) is 12.0 Å². The number of likely N-dealkylation sites (tertiary alicyclic amines) is 1. The molecule has 1 unspecified atom stereocenters. The minimum Gasteiger partial charge on any atom is -0.489 e. The Morgan fingerprint density at radius 1 is 1.15 bits per heavy atom. The van der Waals surface area contributed by atoms with E-state index in [1.54, 1.807) is 0 Å². The van der Waals surface area contributed by atoms with Crippen LogP contribution in [0.1, 0.15) is 72.6 Å². The van der Waals surface area contributed by atoms with Crippen molar-refractivity contribution in [2.24, 2.45) is 0 Å². The Labute approximate surface area is 197 Å². The van der Waals surface area contributed by atoms with E-state index in [9.17, 15) is 4.79 Å². The molecule has 2 aromatic rings. The van der Waals surface area contributed by atoms with Crippen molar-refractivity contribution in [2.45, 2.75) is 70.7 Å². The number of pyridine rings is 1. The van der Waals surface area contributed by atoms with Gasteiger partial charge in [-0.25, -0.2) is 0 Å². The zero-order valence-electron chi connectivity index (χ0n) is 19.9. The Hall–Kier alpha value is -2.44. The summed E-state index contributed by atoms with van der Waals surface area (Å²) < 4.78 is 5.70. The Morgan fingerprint density at radius 3 is 2.70 bits per heavy atom. The SMILES string of the molecule is CC(C)Oc1ccc(CN2CCC(c3ccc4c(c3)CN(C3CCCNC3)C4=O)CC2)nc1. The molecule has 0 radical (unpaired) electrons. The number of benzene rings is 1. The number of amides is 1. The molecule has 5 rings (SSSR count). The van der Waals surface area contributed by atoms with Crippen molar-refractivity contribution >= 4 is 5.91 Å². The molecule has 3 aliphatic rings. The lowest BCUT2D eigenvalue weighted by Crippen LogP contribution is -2.46. The molecule has 6 heteroatoms. The number of hydrogen-bond acceptors (Lipinski definition) is 5. The second-order valence-corrected chi connectivity index (χ2v) is 10.1. The summed E-state index contributed by atoms with van der Waals surface area (Å²) in [7, 11) is 0. The summed E-state index contributed by atoms with van der Waals surface area (Å²) in [4.78, 5) is 22.1. The van der Waals surface area contributed by atoms with Crippen LogP contribution in [0.2, 0.25) is 0 Å². The number of piperidine rings is 2. The van der Waals surface area contributed by atoms with Gasteiger partial charge < -0.3 is 15.0 Å². The van der Waals surface area contributed by atoms with Crippen LogP contribution in [0.4, 0.5) is 0 Å². The molecule has 0 aliphatic carbocycles. The van der Waals surface area contributed by atoms with Crippen molar-refractivity contribution in [3.63, 3.8) is 0 Å². The largest absolute Gasteiger partial charge is 0.489 e. The molecule has 1 amide bonds. The highest BCUT2D eigenvalue weighted by atomic mass is 16.5. The van der Waals surface area contributed by atoms with Crippen LogP contribution in [0.5, 0.6) is 5.75 Å². The average Bonchev–Trinajstić information content (AvgIpc) is 3.17. The zero-order valence-corrected chi connectivity index (χ0v) is 19.9. The molecule has 6 nitrogen and oxygen atoms in total. The van der Waals surface area contributed by atoms with Crippen molar-refractivity contribution in [1.82, 2.24) is 20.1 Å². The third kappa shape index (κ3) is 5.07. The first kappa shape index (κ1) is 22.4. The first-order valence-corrected chi connectivity index (χ1v) is 12.6. The van der Waals surface area contributed by atoms with Gasteiger partial charge in [0.2, 0.25) is 0 Å². The number of nitrogens with zero attached hydrogens (tertiary/aromatic N) is 3. The normalized spacial score (nSPS) is 22.1. The van der Waals surface area contributed by atoms with E-state index < -0.39 is 0 Å². The molecule has 0 spiro atoms.